The maximum Gasteiger partial charge on any atom is 0.244 e. The van der Waals surface area contributed by atoms with Crippen LogP contribution in [0.1, 0.15) is 18.5 Å². The van der Waals surface area contributed by atoms with Gasteiger partial charge in [-0.05, 0) is 36.8 Å². The molecule has 0 saturated heterocycles. The second-order valence-corrected chi connectivity index (χ2v) is 6.59. The molecule has 0 bridgehead atoms. The maximum absolute atomic E-state index is 13.6. The van der Waals surface area contributed by atoms with E-state index >= 15 is 0 Å². The first-order valence-electron chi connectivity index (χ1n) is 6.02. The monoisotopic (exact) mass is 331 g/mol. The van der Waals surface area contributed by atoms with Gasteiger partial charge in [0.05, 0.1) is 0 Å². The van der Waals surface area contributed by atoms with Crippen molar-refractivity contribution in [1.29, 1.82) is 0 Å². The van der Waals surface area contributed by atoms with Crippen molar-refractivity contribution < 1.29 is 17.2 Å². The zero-order valence-electron chi connectivity index (χ0n) is 11.0. The molecule has 0 fully saturated rings. The molecule has 0 spiro atoms. The summed E-state index contributed by atoms with van der Waals surface area (Å²) in [5.74, 6) is -1.98. The Kier molecular flexibility index (Phi) is 4.61. The average molecular weight is 332 g/mol. The predicted octanol–water partition coefficient (Wildman–Crippen LogP) is 3.66. The lowest BCUT2D eigenvalue weighted by molar-refractivity contribution is 0.536. The van der Waals surface area contributed by atoms with Gasteiger partial charge in [-0.2, -0.15) is 0 Å². The number of benzene rings is 2. The Morgan fingerprint density at radius 2 is 1.86 bits per heavy atom. The Bertz CT molecular complexity index is 765. The lowest BCUT2D eigenvalue weighted by atomic mass is 10.1. The van der Waals surface area contributed by atoms with E-state index in [1.807, 2.05) is 0 Å². The number of halogens is 3. The van der Waals surface area contributed by atoms with Gasteiger partial charge in [0.15, 0.2) is 0 Å². The number of sulfonamides is 1. The largest absolute Gasteiger partial charge is 0.244 e. The van der Waals surface area contributed by atoms with Crippen LogP contribution in [0, 0.1) is 11.6 Å². The molecule has 7 heteroatoms. The van der Waals surface area contributed by atoms with Crippen molar-refractivity contribution in [3.63, 3.8) is 0 Å². The van der Waals surface area contributed by atoms with Crippen molar-refractivity contribution >= 4 is 21.6 Å². The van der Waals surface area contributed by atoms with E-state index in [1.165, 1.54) is 0 Å². The lowest BCUT2D eigenvalue weighted by Gasteiger charge is -2.15. The molecular formula is C14H12ClF2NO2S. The van der Waals surface area contributed by atoms with E-state index in [2.05, 4.69) is 4.72 Å². The van der Waals surface area contributed by atoms with Crippen LogP contribution in [-0.4, -0.2) is 8.42 Å². The molecule has 0 aliphatic carbocycles. The molecule has 1 atom stereocenters. The van der Waals surface area contributed by atoms with Crippen molar-refractivity contribution in [3.05, 3.63) is 64.7 Å². The van der Waals surface area contributed by atoms with Gasteiger partial charge < -0.3 is 0 Å². The summed E-state index contributed by atoms with van der Waals surface area (Å²) in [6, 6.07) is 8.33. The van der Waals surface area contributed by atoms with Crippen LogP contribution in [0.4, 0.5) is 8.78 Å². The Morgan fingerprint density at radius 3 is 2.48 bits per heavy atom. The standard InChI is InChI=1S/C14H12ClF2NO2S/c1-9(10-3-2-4-11(15)7-10)18-21(19,20)14-6-5-12(16)8-13(14)17/h2-9,18H,1H3. The van der Waals surface area contributed by atoms with E-state index in [0.29, 0.717) is 16.7 Å². The van der Waals surface area contributed by atoms with Crippen LogP contribution in [0.5, 0.6) is 0 Å². The van der Waals surface area contributed by atoms with Gasteiger partial charge in [-0.1, -0.05) is 23.7 Å². The van der Waals surface area contributed by atoms with Gasteiger partial charge in [0.25, 0.3) is 0 Å². The topological polar surface area (TPSA) is 46.2 Å². The molecule has 0 saturated carbocycles. The molecule has 2 aromatic rings. The smallest absolute Gasteiger partial charge is 0.207 e. The van der Waals surface area contributed by atoms with E-state index in [1.54, 1.807) is 31.2 Å². The third-order valence-electron chi connectivity index (χ3n) is 2.86. The molecule has 21 heavy (non-hydrogen) atoms. The van der Waals surface area contributed by atoms with Gasteiger partial charge in [-0.15, -0.1) is 0 Å². The van der Waals surface area contributed by atoms with Crippen molar-refractivity contribution in [3.8, 4) is 0 Å². The van der Waals surface area contributed by atoms with Crippen LogP contribution in [0.25, 0.3) is 0 Å². The Labute approximate surface area is 126 Å². The molecule has 0 heterocycles. The fraction of sp³-hybridized carbons (Fsp3) is 0.143. The SMILES string of the molecule is CC(NS(=O)(=O)c1ccc(F)cc1F)c1cccc(Cl)c1. The van der Waals surface area contributed by atoms with Gasteiger partial charge in [0.2, 0.25) is 10.0 Å². The van der Waals surface area contributed by atoms with E-state index in [4.69, 9.17) is 11.6 Å². The summed E-state index contributed by atoms with van der Waals surface area (Å²) < 4.78 is 53.0. The summed E-state index contributed by atoms with van der Waals surface area (Å²) in [7, 11) is -4.10. The normalized spacial score (nSPS) is 13.1. The van der Waals surface area contributed by atoms with E-state index in [-0.39, 0.29) is 0 Å². The Balaban J connectivity index is 2.29. The highest BCUT2D eigenvalue weighted by Crippen LogP contribution is 2.21. The number of nitrogens with one attached hydrogen (secondary N) is 1. The summed E-state index contributed by atoms with van der Waals surface area (Å²) in [6.07, 6.45) is 0. The molecule has 112 valence electrons. The fourth-order valence-electron chi connectivity index (χ4n) is 1.83. The molecule has 1 N–H and O–H groups in total. The molecule has 3 nitrogen and oxygen atoms in total. The highest BCUT2D eigenvalue weighted by Gasteiger charge is 2.22. The van der Waals surface area contributed by atoms with Gasteiger partial charge in [0, 0.05) is 17.1 Å². The summed E-state index contributed by atoms with van der Waals surface area (Å²) in [6.45, 7) is 1.60. The molecule has 0 aliphatic rings. The van der Waals surface area contributed by atoms with Crippen LogP contribution >= 0.6 is 11.6 Å². The first-order valence-corrected chi connectivity index (χ1v) is 7.88. The fourth-order valence-corrected chi connectivity index (χ4v) is 3.32. The van der Waals surface area contributed by atoms with Gasteiger partial charge in [-0.3, -0.25) is 0 Å². The Hall–Kier alpha value is -1.50. The van der Waals surface area contributed by atoms with Crippen LogP contribution < -0.4 is 4.72 Å². The molecule has 1 unspecified atom stereocenters. The summed E-state index contributed by atoms with van der Waals surface area (Å²) >= 11 is 5.84. The third kappa shape index (κ3) is 3.78. The molecule has 2 aromatic carbocycles. The third-order valence-corrected chi connectivity index (χ3v) is 4.67. The highest BCUT2D eigenvalue weighted by molar-refractivity contribution is 7.89. The average Bonchev–Trinajstić information content (AvgIpc) is 2.37. The molecule has 0 aromatic heterocycles. The van der Waals surface area contributed by atoms with Crippen LogP contribution in [0.2, 0.25) is 5.02 Å². The molecular weight excluding hydrogens is 320 g/mol. The van der Waals surface area contributed by atoms with Crippen molar-refractivity contribution in [2.24, 2.45) is 0 Å². The van der Waals surface area contributed by atoms with E-state index < -0.39 is 32.6 Å². The summed E-state index contributed by atoms with van der Waals surface area (Å²) in [5, 5.41) is 0.464. The highest BCUT2D eigenvalue weighted by atomic mass is 35.5. The predicted molar refractivity (Wildman–Crippen MR) is 76.5 cm³/mol. The van der Waals surface area contributed by atoms with Crippen LogP contribution in [0.15, 0.2) is 47.4 Å². The second-order valence-electron chi connectivity index (χ2n) is 4.47. The van der Waals surface area contributed by atoms with Crippen molar-refractivity contribution in [1.82, 2.24) is 4.72 Å². The quantitative estimate of drug-likeness (QED) is 0.929. The first kappa shape index (κ1) is 15.9. The minimum absolute atomic E-state index is 0.464. The molecule has 0 amide bonds. The van der Waals surface area contributed by atoms with Crippen molar-refractivity contribution in [2.45, 2.75) is 17.9 Å². The number of rotatable bonds is 4. The van der Waals surface area contributed by atoms with Gasteiger partial charge in [-0.25, -0.2) is 21.9 Å². The molecule has 2 rings (SSSR count). The Morgan fingerprint density at radius 1 is 1.14 bits per heavy atom. The zero-order valence-corrected chi connectivity index (χ0v) is 12.5. The van der Waals surface area contributed by atoms with Crippen molar-refractivity contribution in [2.75, 3.05) is 0 Å². The van der Waals surface area contributed by atoms with E-state index in [0.717, 1.165) is 12.1 Å². The molecule has 0 radical (unpaired) electrons. The van der Waals surface area contributed by atoms with Gasteiger partial charge >= 0.3 is 0 Å². The zero-order chi connectivity index (χ0) is 15.6. The first-order chi connectivity index (χ1) is 9.79. The molecule has 0 aliphatic heterocycles. The minimum atomic E-state index is -4.10. The van der Waals surface area contributed by atoms with E-state index in [9.17, 15) is 17.2 Å². The van der Waals surface area contributed by atoms with Crippen LogP contribution in [0.3, 0.4) is 0 Å². The van der Waals surface area contributed by atoms with Gasteiger partial charge in [0.1, 0.15) is 16.5 Å². The summed E-state index contributed by atoms with van der Waals surface area (Å²) in [5.41, 5.74) is 0.633. The maximum atomic E-state index is 13.6. The van der Waals surface area contributed by atoms with Crippen LogP contribution in [-0.2, 0) is 10.0 Å². The number of hydrogen-bond donors (Lipinski definition) is 1. The summed E-state index contributed by atoms with van der Waals surface area (Å²) in [4.78, 5) is -0.599. The minimum Gasteiger partial charge on any atom is -0.207 e. The second kappa shape index (κ2) is 6.09. The number of hydrogen-bond acceptors (Lipinski definition) is 2. The lowest BCUT2D eigenvalue weighted by Crippen LogP contribution is -2.27.